The summed E-state index contributed by atoms with van der Waals surface area (Å²) in [6.07, 6.45) is 4.93. The van der Waals surface area contributed by atoms with Gasteiger partial charge in [0.25, 0.3) is 0 Å². The summed E-state index contributed by atoms with van der Waals surface area (Å²) >= 11 is 3.43. The maximum absolute atomic E-state index is 4.25. The molecule has 0 aliphatic heterocycles. The zero-order valence-electron chi connectivity index (χ0n) is 9.56. The lowest BCUT2D eigenvalue weighted by Crippen LogP contribution is -2.17. The Hall–Kier alpha value is -0.780. The van der Waals surface area contributed by atoms with Crippen molar-refractivity contribution in [3.63, 3.8) is 0 Å². The second-order valence-corrected chi connectivity index (χ2v) is 6.19. The number of rotatable bonds is 6. The maximum atomic E-state index is 4.25. The first kappa shape index (κ1) is 11.3. The maximum Gasteiger partial charge on any atom is 0.148 e. The van der Waals surface area contributed by atoms with E-state index in [2.05, 4.69) is 32.3 Å². The highest BCUT2D eigenvalue weighted by Crippen LogP contribution is 2.26. The summed E-state index contributed by atoms with van der Waals surface area (Å²) in [5.41, 5.74) is 1.20. The summed E-state index contributed by atoms with van der Waals surface area (Å²) in [5, 5.41) is 18.4. The molecule has 1 saturated carbocycles. The van der Waals surface area contributed by atoms with Gasteiger partial charge in [-0.2, -0.15) is 11.3 Å². The molecule has 3 rings (SSSR count). The Balaban J connectivity index is 1.50. The molecule has 1 N–H and O–H groups in total. The highest BCUT2D eigenvalue weighted by molar-refractivity contribution is 7.15. The van der Waals surface area contributed by atoms with Gasteiger partial charge in [-0.1, -0.05) is 11.3 Å². The van der Waals surface area contributed by atoms with Crippen LogP contribution in [0.1, 0.15) is 24.3 Å². The molecule has 90 valence electrons. The average Bonchev–Trinajstić information content (AvgIpc) is 2.84. The van der Waals surface area contributed by atoms with E-state index in [1.165, 1.54) is 18.4 Å². The van der Waals surface area contributed by atoms with E-state index in [1.54, 1.807) is 22.7 Å². The number of aryl methyl sites for hydroxylation is 1. The Labute approximate surface area is 109 Å². The third kappa shape index (κ3) is 3.12. The van der Waals surface area contributed by atoms with Crippen molar-refractivity contribution in [1.82, 2.24) is 15.5 Å². The smallest absolute Gasteiger partial charge is 0.148 e. The molecule has 0 unspecified atom stereocenters. The first-order chi connectivity index (χ1) is 8.42. The van der Waals surface area contributed by atoms with E-state index in [1.807, 2.05) is 0 Å². The zero-order valence-corrected chi connectivity index (χ0v) is 11.2. The van der Waals surface area contributed by atoms with Gasteiger partial charge in [-0.15, -0.1) is 10.2 Å². The summed E-state index contributed by atoms with van der Waals surface area (Å²) in [6, 6.07) is 2.91. The molecule has 0 spiro atoms. The van der Waals surface area contributed by atoms with Crippen LogP contribution in [-0.4, -0.2) is 22.8 Å². The van der Waals surface area contributed by atoms with Gasteiger partial charge in [0.05, 0.1) is 0 Å². The van der Waals surface area contributed by atoms with Crippen LogP contribution in [-0.2, 0) is 6.42 Å². The summed E-state index contributed by atoms with van der Waals surface area (Å²) in [4.78, 5) is 0. The van der Waals surface area contributed by atoms with Crippen molar-refractivity contribution in [2.24, 2.45) is 0 Å². The largest absolute Gasteiger partial charge is 0.314 e. The summed E-state index contributed by atoms with van der Waals surface area (Å²) in [7, 11) is 0. The summed E-state index contributed by atoms with van der Waals surface area (Å²) in [5.74, 6) is 0. The highest BCUT2D eigenvalue weighted by atomic mass is 32.1. The normalized spacial score (nSPS) is 15.3. The van der Waals surface area contributed by atoms with Crippen molar-refractivity contribution in [3.05, 3.63) is 21.8 Å². The lowest BCUT2D eigenvalue weighted by molar-refractivity contribution is 0.643. The van der Waals surface area contributed by atoms with Gasteiger partial charge in [0.1, 0.15) is 10.0 Å². The minimum Gasteiger partial charge on any atom is -0.314 e. The third-order valence-corrected chi connectivity index (χ3v) is 4.53. The molecule has 2 aromatic heterocycles. The Morgan fingerprint density at radius 2 is 2.29 bits per heavy atom. The van der Waals surface area contributed by atoms with Crippen LogP contribution in [0.25, 0.3) is 10.6 Å². The van der Waals surface area contributed by atoms with E-state index in [0.717, 1.165) is 35.4 Å². The van der Waals surface area contributed by atoms with Gasteiger partial charge in [0, 0.05) is 23.4 Å². The minimum atomic E-state index is 0.811. The van der Waals surface area contributed by atoms with Crippen molar-refractivity contribution < 1.29 is 0 Å². The fourth-order valence-electron chi connectivity index (χ4n) is 1.69. The Morgan fingerprint density at radius 1 is 1.35 bits per heavy atom. The minimum absolute atomic E-state index is 0.811. The molecule has 0 saturated heterocycles. The predicted octanol–water partition coefficient (Wildman–Crippen LogP) is 2.95. The molecule has 2 aromatic rings. The van der Waals surface area contributed by atoms with E-state index in [9.17, 15) is 0 Å². The van der Waals surface area contributed by atoms with Crippen LogP contribution in [0.3, 0.4) is 0 Å². The monoisotopic (exact) mass is 265 g/mol. The molecule has 0 bridgehead atoms. The number of nitrogens with zero attached hydrogens (tertiary/aromatic N) is 2. The van der Waals surface area contributed by atoms with Crippen molar-refractivity contribution in [3.8, 4) is 10.6 Å². The highest BCUT2D eigenvalue weighted by Gasteiger charge is 2.19. The van der Waals surface area contributed by atoms with E-state index in [4.69, 9.17) is 0 Å². The molecule has 3 nitrogen and oxygen atoms in total. The van der Waals surface area contributed by atoms with Crippen LogP contribution in [0.4, 0.5) is 0 Å². The van der Waals surface area contributed by atoms with Crippen molar-refractivity contribution in [2.45, 2.75) is 31.7 Å². The first-order valence-electron chi connectivity index (χ1n) is 6.00. The number of nitrogens with one attached hydrogen (secondary N) is 1. The van der Waals surface area contributed by atoms with Crippen molar-refractivity contribution in [1.29, 1.82) is 0 Å². The van der Waals surface area contributed by atoms with Crippen molar-refractivity contribution in [2.75, 3.05) is 6.54 Å². The molecule has 17 heavy (non-hydrogen) atoms. The van der Waals surface area contributed by atoms with E-state index >= 15 is 0 Å². The van der Waals surface area contributed by atoms with Crippen LogP contribution in [0.15, 0.2) is 16.8 Å². The fourth-order valence-corrected chi connectivity index (χ4v) is 3.28. The molecule has 2 heterocycles. The number of thiophene rings is 1. The van der Waals surface area contributed by atoms with Crippen LogP contribution in [0.2, 0.25) is 0 Å². The lowest BCUT2D eigenvalue weighted by atomic mass is 10.3. The number of aromatic nitrogens is 2. The Kier molecular flexibility index (Phi) is 3.49. The number of hydrogen-bond donors (Lipinski definition) is 1. The first-order valence-corrected chi connectivity index (χ1v) is 7.76. The van der Waals surface area contributed by atoms with Gasteiger partial charge >= 0.3 is 0 Å². The molecular weight excluding hydrogens is 250 g/mol. The standard InChI is InChI=1S/C12H15N3S2/c1(6-13-10-3-4-10)2-11-14-15-12(17-11)9-5-7-16-8-9/h5,7-8,10,13H,1-4,6H2. The van der Waals surface area contributed by atoms with E-state index in [0.29, 0.717) is 0 Å². The van der Waals surface area contributed by atoms with Gasteiger partial charge in [0.2, 0.25) is 0 Å². The zero-order chi connectivity index (χ0) is 11.5. The van der Waals surface area contributed by atoms with Gasteiger partial charge in [-0.25, -0.2) is 0 Å². The lowest BCUT2D eigenvalue weighted by Gasteiger charge is -1.99. The quantitative estimate of drug-likeness (QED) is 0.816. The molecule has 5 heteroatoms. The Morgan fingerprint density at radius 3 is 3.06 bits per heavy atom. The Bertz CT molecular complexity index is 460. The van der Waals surface area contributed by atoms with Crippen LogP contribution >= 0.6 is 22.7 Å². The van der Waals surface area contributed by atoms with E-state index in [-0.39, 0.29) is 0 Å². The topological polar surface area (TPSA) is 37.8 Å². The molecule has 1 fully saturated rings. The van der Waals surface area contributed by atoms with Gasteiger partial charge in [-0.3, -0.25) is 0 Å². The molecule has 1 aliphatic rings. The van der Waals surface area contributed by atoms with E-state index < -0.39 is 0 Å². The molecule has 0 aromatic carbocycles. The second-order valence-electron chi connectivity index (χ2n) is 4.34. The fraction of sp³-hybridized carbons (Fsp3) is 0.500. The van der Waals surface area contributed by atoms with Gasteiger partial charge in [0.15, 0.2) is 0 Å². The third-order valence-electron chi connectivity index (χ3n) is 2.81. The summed E-state index contributed by atoms with van der Waals surface area (Å²) in [6.45, 7) is 1.11. The molecule has 0 amide bonds. The average molecular weight is 265 g/mol. The molecular formula is C12H15N3S2. The second kappa shape index (κ2) is 5.25. The van der Waals surface area contributed by atoms with Gasteiger partial charge in [-0.05, 0) is 37.3 Å². The SMILES string of the molecule is c1cc(-c2nnc(CCCNC3CC3)s2)cs1. The van der Waals surface area contributed by atoms with Gasteiger partial charge < -0.3 is 5.32 Å². The predicted molar refractivity (Wildman–Crippen MR) is 72.6 cm³/mol. The molecule has 0 atom stereocenters. The van der Waals surface area contributed by atoms with Crippen LogP contribution in [0.5, 0.6) is 0 Å². The molecule has 0 radical (unpaired) electrons. The molecule has 1 aliphatic carbocycles. The summed E-state index contributed by atoms with van der Waals surface area (Å²) < 4.78 is 0. The van der Waals surface area contributed by atoms with Crippen LogP contribution in [0, 0.1) is 0 Å². The van der Waals surface area contributed by atoms with Crippen molar-refractivity contribution >= 4 is 22.7 Å². The van der Waals surface area contributed by atoms with Crippen LogP contribution < -0.4 is 5.32 Å². The number of hydrogen-bond acceptors (Lipinski definition) is 5.